The Bertz CT molecular complexity index is 1180. The molecule has 29 heavy (non-hydrogen) atoms. The molecule has 1 atom stereocenters. The Morgan fingerprint density at radius 1 is 1.24 bits per heavy atom. The van der Waals surface area contributed by atoms with Crippen molar-refractivity contribution in [1.29, 1.82) is 0 Å². The quantitative estimate of drug-likeness (QED) is 0.460. The van der Waals surface area contributed by atoms with Crippen molar-refractivity contribution in [3.63, 3.8) is 0 Å². The average molecular weight is 424 g/mol. The van der Waals surface area contributed by atoms with Gasteiger partial charge >= 0.3 is 0 Å². The highest BCUT2D eigenvalue weighted by Crippen LogP contribution is 2.40. The molecule has 4 heterocycles. The highest BCUT2D eigenvalue weighted by Gasteiger charge is 2.28. The number of thiophene rings is 2. The Kier molecular flexibility index (Phi) is 5.03. The van der Waals surface area contributed by atoms with E-state index in [4.69, 9.17) is 4.74 Å². The van der Waals surface area contributed by atoms with E-state index >= 15 is 0 Å². The Labute approximate surface area is 177 Å². The van der Waals surface area contributed by atoms with Crippen LogP contribution in [0.5, 0.6) is 0 Å². The minimum Gasteiger partial charge on any atom is -0.377 e. The van der Waals surface area contributed by atoms with Crippen LogP contribution in [-0.2, 0) is 11.3 Å². The minimum atomic E-state index is 0.137. The second-order valence-corrected chi connectivity index (χ2v) is 9.46. The molecule has 1 aliphatic rings. The standard InChI is InChI=1S/C22H21N3O2S2/c1-27-13-20-23-9-8-16(24-20)14-5-4-10-25(12-14)22(26)19-11-18-21(29-19)15-6-2-3-7-17(15)28-18/h2-3,6-9,11,14H,4-5,10,12-13H2,1H3/t14-/m0/s1. The maximum atomic E-state index is 13.2. The molecule has 0 N–H and O–H groups in total. The number of methoxy groups -OCH3 is 1. The molecule has 5 nitrogen and oxygen atoms in total. The van der Waals surface area contributed by atoms with Crippen molar-refractivity contribution in [3.8, 4) is 0 Å². The lowest BCUT2D eigenvalue weighted by Crippen LogP contribution is -2.39. The summed E-state index contributed by atoms with van der Waals surface area (Å²) >= 11 is 3.38. The predicted octanol–water partition coefficient (Wildman–Crippen LogP) is 5.07. The number of likely N-dealkylation sites (tertiary alicyclic amines) is 1. The fraction of sp³-hybridized carbons (Fsp3) is 0.318. The van der Waals surface area contributed by atoms with Gasteiger partial charge in [0.1, 0.15) is 6.61 Å². The Morgan fingerprint density at radius 3 is 3.03 bits per heavy atom. The van der Waals surface area contributed by atoms with E-state index in [1.807, 2.05) is 11.0 Å². The minimum absolute atomic E-state index is 0.137. The van der Waals surface area contributed by atoms with E-state index in [2.05, 4.69) is 40.3 Å². The number of amides is 1. The van der Waals surface area contributed by atoms with Gasteiger partial charge in [-0.25, -0.2) is 9.97 Å². The number of piperidine rings is 1. The Hall–Kier alpha value is -2.35. The lowest BCUT2D eigenvalue weighted by atomic mass is 9.94. The van der Waals surface area contributed by atoms with Gasteiger partial charge in [0, 0.05) is 52.8 Å². The summed E-state index contributed by atoms with van der Waals surface area (Å²) in [5.74, 6) is 1.07. The first-order valence-electron chi connectivity index (χ1n) is 9.74. The zero-order valence-corrected chi connectivity index (χ0v) is 17.8. The smallest absolute Gasteiger partial charge is 0.264 e. The van der Waals surface area contributed by atoms with Crippen molar-refractivity contribution >= 4 is 48.1 Å². The molecule has 5 rings (SSSR count). The number of hydrogen-bond acceptors (Lipinski definition) is 6. The van der Waals surface area contributed by atoms with E-state index in [1.54, 1.807) is 36.0 Å². The summed E-state index contributed by atoms with van der Waals surface area (Å²) in [4.78, 5) is 25.0. The number of rotatable bonds is 4. The van der Waals surface area contributed by atoms with Crippen LogP contribution in [0.1, 0.15) is 39.9 Å². The zero-order chi connectivity index (χ0) is 19.8. The summed E-state index contributed by atoms with van der Waals surface area (Å²) in [6.45, 7) is 1.91. The largest absolute Gasteiger partial charge is 0.377 e. The molecule has 0 unspecified atom stereocenters. The third-order valence-corrected chi connectivity index (χ3v) is 7.79. The molecule has 1 aromatic carbocycles. The van der Waals surface area contributed by atoms with E-state index in [0.29, 0.717) is 19.0 Å². The van der Waals surface area contributed by atoms with Crippen LogP contribution in [0.3, 0.4) is 0 Å². The summed E-state index contributed by atoms with van der Waals surface area (Å²) in [6, 6.07) is 12.4. The van der Waals surface area contributed by atoms with Gasteiger partial charge in [0.25, 0.3) is 5.91 Å². The van der Waals surface area contributed by atoms with Crippen molar-refractivity contribution in [1.82, 2.24) is 14.9 Å². The molecule has 0 aliphatic carbocycles. The highest BCUT2D eigenvalue weighted by atomic mass is 32.1. The van der Waals surface area contributed by atoms with Crippen molar-refractivity contribution in [2.24, 2.45) is 0 Å². The van der Waals surface area contributed by atoms with Crippen LogP contribution in [0.25, 0.3) is 19.5 Å². The van der Waals surface area contributed by atoms with Gasteiger partial charge in [-0.15, -0.1) is 22.7 Å². The Balaban J connectivity index is 1.38. The number of nitrogens with zero attached hydrogens (tertiary/aromatic N) is 3. The van der Waals surface area contributed by atoms with Crippen LogP contribution in [-0.4, -0.2) is 41.0 Å². The maximum Gasteiger partial charge on any atom is 0.264 e. The molecule has 1 fully saturated rings. The zero-order valence-electron chi connectivity index (χ0n) is 16.1. The van der Waals surface area contributed by atoms with Crippen LogP contribution < -0.4 is 0 Å². The summed E-state index contributed by atoms with van der Waals surface area (Å²) in [5, 5.41) is 1.25. The molecular formula is C22H21N3O2S2. The monoisotopic (exact) mass is 423 g/mol. The summed E-state index contributed by atoms with van der Waals surface area (Å²) in [5.41, 5.74) is 1.00. The summed E-state index contributed by atoms with van der Waals surface area (Å²) < 4.78 is 8.86. The highest BCUT2D eigenvalue weighted by molar-refractivity contribution is 7.33. The molecule has 0 radical (unpaired) electrons. The van der Waals surface area contributed by atoms with Crippen LogP contribution >= 0.6 is 22.7 Å². The molecule has 0 bridgehead atoms. The molecule has 3 aromatic heterocycles. The molecule has 0 saturated carbocycles. The van der Waals surface area contributed by atoms with E-state index in [-0.39, 0.29) is 11.8 Å². The van der Waals surface area contributed by atoms with Gasteiger partial charge in [-0.3, -0.25) is 4.79 Å². The summed E-state index contributed by atoms with van der Waals surface area (Å²) in [6.07, 6.45) is 3.82. The third kappa shape index (κ3) is 3.54. The number of ether oxygens (including phenoxy) is 1. The van der Waals surface area contributed by atoms with Crippen molar-refractivity contribution in [3.05, 3.63) is 59.0 Å². The van der Waals surface area contributed by atoms with Crippen molar-refractivity contribution in [2.75, 3.05) is 20.2 Å². The van der Waals surface area contributed by atoms with E-state index in [1.165, 1.54) is 19.5 Å². The predicted molar refractivity (Wildman–Crippen MR) is 118 cm³/mol. The van der Waals surface area contributed by atoms with Crippen molar-refractivity contribution < 1.29 is 9.53 Å². The lowest BCUT2D eigenvalue weighted by molar-refractivity contribution is 0.0710. The van der Waals surface area contributed by atoms with E-state index in [0.717, 1.165) is 30.0 Å². The van der Waals surface area contributed by atoms with Gasteiger partial charge in [0.15, 0.2) is 5.82 Å². The van der Waals surface area contributed by atoms with Crippen LogP contribution in [0.15, 0.2) is 42.6 Å². The fourth-order valence-corrected chi connectivity index (χ4v) is 6.50. The molecule has 1 saturated heterocycles. The number of aromatic nitrogens is 2. The number of fused-ring (bicyclic) bond motifs is 3. The number of carbonyl (C=O) groups excluding carboxylic acids is 1. The molecular weight excluding hydrogens is 402 g/mol. The fourth-order valence-electron chi connectivity index (χ4n) is 4.00. The first-order chi connectivity index (χ1) is 14.2. The lowest BCUT2D eigenvalue weighted by Gasteiger charge is -2.32. The first kappa shape index (κ1) is 18.7. The number of hydrogen-bond donors (Lipinski definition) is 0. The molecule has 1 amide bonds. The van der Waals surface area contributed by atoms with Gasteiger partial charge in [0.05, 0.1) is 9.58 Å². The van der Waals surface area contributed by atoms with Gasteiger partial charge < -0.3 is 9.64 Å². The van der Waals surface area contributed by atoms with Crippen LogP contribution in [0, 0.1) is 0 Å². The third-order valence-electron chi connectivity index (χ3n) is 5.39. The van der Waals surface area contributed by atoms with Crippen LogP contribution in [0.2, 0.25) is 0 Å². The van der Waals surface area contributed by atoms with Gasteiger partial charge in [-0.05, 0) is 31.0 Å². The second kappa shape index (κ2) is 7.82. The topological polar surface area (TPSA) is 55.3 Å². The SMILES string of the molecule is COCc1nccc([C@H]2CCCN(C(=O)c3cc4sc5ccccc5c4s3)C2)n1. The second-order valence-electron chi connectivity index (χ2n) is 7.32. The van der Waals surface area contributed by atoms with E-state index < -0.39 is 0 Å². The molecule has 4 aromatic rings. The van der Waals surface area contributed by atoms with Gasteiger partial charge in [-0.2, -0.15) is 0 Å². The molecule has 0 spiro atoms. The summed E-state index contributed by atoms with van der Waals surface area (Å²) in [7, 11) is 1.64. The molecule has 1 aliphatic heterocycles. The average Bonchev–Trinajstić information content (AvgIpc) is 3.32. The Morgan fingerprint density at radius 2 is 2.14 bits per heavy atom. The maximum absolute atomic E-state index is 13.2. The first-order valence-corrected chi connectivity index (χ1v) is 11.4. The van der Waals surface area contributed by atoms with Crippen molar-refractivity contribution in [2.45, 2.75) is 25.4 Å². The van der Waals surface area contributed by atoms with Gasteiger partial charge in [-0.1, -0.05) is 18.2 Å². The number of carbonyl (C=O) groups is 1. The van der Waals surface area contributed by atoms with Gasteiger partial charge in [0.2, 0.25) is 0 Å². The van der Waals surface area contributed by atoms with E-state index in [9.17, 15) is 4.79 Å². The van der Waals surface area contributed by atoms with Crippen LogP contribution in [0.4, 0.5) is 0 Å². The molecule has 7 heteroatoms. The number of benzene rings is 1. The normalized spacial score (nSPS) is 17.3. The molecule has 148 valence electrons.